The molecule has 0 radical (unpaired) electrons. The van der Waals surface area contributed by atoms with Crippen molar-refractivity contribution in [1.29, 1.82) is 0 Å². The maximum atomic E-state index is 12.9. The number of carboxylic acids is 1. The number of hydrogen-bond donors (Lipinski definition) is 1. The first kappa shape index (κ1) is 29.2. The zero-order valence-corrected chi connectivity index (χ0v) is 24.5. The van der Waals surface area contributed by atoms with Crippen LogP contribution < -0.4 is 10.9 Å². The number of carboxylic acid groups (broad SMARTS) is 1. The van der Waals surface area contributed by atoms with Gasteiger partial charge in [0.05, 0.1) is 12.5 Å². The number of nitrogens with zero attached hydrogens (tertiary/aromatic N) is 1. The summed E-state index contributed by atoms with van der Waals surface area (Å²) in [5.74, 6) is -1.12. The molecule has 1 N–H and O–H groups in total. The summed E-state index contributed by atoms with van der Waals surface area (Å²) in [6.07, 6.45) is 6.81. The van der Waals surface area contributed by atoms with Gasteiger partial charge in [-0.25, -0.2) is 4.79 Å². The highest BCUT2D eigenvalue weighted by molar-refractivity contribution is 7.10. The topological polar surface area (TPSA) is 58.9 Å². The Morgan fingerprint density at radius 3 is 1.47 bits per heavy atom. The van der Waals surface area contributed by atoms with Crippen LogP contribution in [0.5, 0.6) is 0 Å². The van der Waals surface area contributed by atoms with E-state index in [0.29, 0.717) is 5.61 Å². The van der Waals surface area contributed by atoms with Crippen LogP contribution in [0.1, 0.15) is 16.7 Å². The Balaban J connectivity index is 1.54. The van der Waals surface area contributed by atoms with Crippen molar-refractivity contribution in [2.24, 2.45) is 4.99 Å². The average molecular weight is 583 g/mol. The van der Waals surface area contributed by atoms with Gasteiger partial charge in [-0.2, -0.15) is 0 Å². The number of allylic oxidation sites excluding steroid dienone is 5. The number of aliphatic carboxylic acids is 1. The first-order valence-corrected chi connectivity index (χ1v) is 14.8. The Bertz CT molecular complexity index is 1820. The number of hydrogen-bond acceptors (Lipinski definition) is 3. The fourth-order valence-electron chi connectivity index (χ4n) is 5.46. The van der Waals surface area contributed by atoms with Crippen molar-refractivity contribution in [3.05, 3.63) is 204 Å². The van der Waals surface area contributed by atoms with E-state index in [9.17, 15) is 9.90 Å². The predicted molar refractivity (Wildman–Crippen MR) is 185 cm³/mol. The van der Waals surface area contributed by atoms with Crippen LogP contribution in [0.15, 0.2) is 193 Å². The molecule has 0 saturated heterocycles. The Morgan fingerprint density at radius 2 is 1.02 bits per heavy atom. The summed E-state index contributed by atoms with van der Waals surface area (Å²) in [5, 5.41) is 10.5. The van der Waals surface area contributed by atoms with E-state index in [1.807, 2.05) is 133 Å². The van der Waals surface area contributed by atoms with Crippen LogP contribution >= 0.6 is 0 Å². The molecule has 0 aromatic heterocycles. The van der Waals surface area contributed by atoms with Crippen LogP contribution in [0.4, 0.5) is 0 Å². The molecule has 0 amide bonds. The van der Waals surface area contributed by atoms with E-state index in [-0.39, 0.29) is 12.4 Å². The van der Waals surface area contributed by atoms with E-state index in [1.165, 1.54) is 0 Å². The smallest absolute Gasteiger partial charge is 0.354 e. The summed E-state index contributed by atoms with van der Waals surface area (Å²) in [6, 6.07) is 49.7. The van der Waals surface area contributed by atoms with Crippen LogP contribution in [0.3, 0.4) is 0 Å². The van der Waals surface area contributed by atoms with Gasteiger partial charge in [-0.15, -0.1) is 0 Å². The zero-order chi connectivity index (χ0) is 30.8. The summed E-state index contributed by atoms with van der Waals surface area (Å²) in [4.78, 5) is 17.8. The fraction of sp³-hybridized carbons (Fsp3) is 0. The van der Waals surface area contributed by atoms with Gasteiger partial charge in [0.25, 0.3) is 6.71 Å². The molecule has 0 saturated carbocycles. The lowest BCUT2D eigenvalue weighted by Gasteiger charge is -2.20. The molecule has 216 valence electrons. The summed E-state index contributed by atoms with van der Waals surface area (Å²) in [5.41, 5.74) is 7.87. The van der Waals surface area contributed by atoms with Gasteiger partial charge in [-0.1, -0.05) is 169 Å². The number of ether oxygens (including phenoxy) is 1. The van der Waals surface area contributed by atoms with Gasteiger partial charge in [0.2, 0.25) is 0 Å². The van der Waals surface area contributed by atoms with E-state index in [2.05, 4.69) is 24.3 Å². The standard InChI is InChI=1S/C40H30BNO3/c43-40(44)38(27-26-35-36(30-16-6-1-7-17-30)28-45-29-37(35)31-18-8-2-9-19-31)42-39(32-20-10-3-11-21-32)41(33-22-12-4-13-23-33)34-24-14-5-15-25-34/h1-29H,(H,43,44). The lowest BCUT2D eigenvalue weighted by atomic mass is 9.36. The van der Waals surface area contributed by atoms with Gasteiger partial charge in [0.15, 0.2) is 0 Å². The lowest BCUT2D eigenvalue weighted by Crippen LogP contribution is -2.49. The normalized spacial score (nSPS) is 13.3. The maximum Gasteiger partial charge on any atom is 0.354 e. The van der Waals surface area contributed by atoms with Crippen molar-refractivity contribution in [2.75, 3.05) is 0 Å². The minimum absolute atomic E-state index is 0.0791. The van der Waals surface area contributed by atoms with Gasteiger partial charge >= 0.3 is 5.97 Å². The summed E-state index contributed by atoms with van der Waals surface area (Å²) in [6.45, 7) is -0.298. The second-order valence-corrected chi connectivity index (χ2v) is 10.5. The molecule has 4 nitrogen and oxygen atoms in total. The third-order valence-corrected chi connectivity index (χ3v) is 7.60. The van der Waals surface area contributed by atoms with E-state index in [4.69, 9.17) is 9.73 Å². The zero-order valence-electron chi connectivity index (χ0n) is 24.5. The van der Waals surface area contributed by atoms with E-state index >= 15 is 0 Å². The predicted octanol–water partition coefficient (Wildman–Crippen LogP) is 7.33. The second kappa shape index (κ2) is 14.0. The number of carbonyl (C=O) groups is 1. The van der Waals surface area contributed by atoms with Gasteiger partial charge in [-0.05, 0) is 28.3 Å². The fourth-order valence-corrected chi connectivity index (χ4v) is 5.46. The molecule has 0 aliphatic carbocycles. The monoisotopic (exact) mass is 583 g/mol. The first-order valence-electron chi connectivity index (χ1n) is 14.8. The molecule has 1 aliphatic heterocycles. The number of rotatable bonds is 9. The van der Waals surface area contributed by atoms with Crippen molar-refractivity contribution < 1.29 is 14.6 Å². The molecule has 0 fully saturated rings. The molecule has 0 atom stereocenters. The van der Waals surface area contributed by atoms with Crippen LogP contribution in [-0.4, -0.2) is 23.4 Å². The minimum atomic E-state index is -1.12. The molecule has 0 unspecified atom stereocenters. The molecule has 5 aromatic carbocycles. The molecule has 5 aromatic rings. The second-order valence-electron chi connectivity index (χ2n) is 10.5. The molecule has 45 heavy (non-hydrogen) atoms. The highest BCUT2D eigenvalue weighted by Crippen LogP contribution is 2.37. The van der Waals surface area contributed by atoms with Crippen molar-refractivity contribution in [3.63, 3.8) is 0 Å². The van der Waals surface area contributed by atoms with Crippen molar-refractivity contribution in [3.8, 4) is 0 Å². The Hall–Kier alpha value is -5.94. The molecule has 1 aliphatic rings. The minimum Gasteiger partial charge on any atom is -0.477 e. The Labute approximate surface area is 263 Å². The molecular weight excluding hydrogens is 553 g/mol. The van der Waals surface area contributed by atoms with E-state index in [1.54, 1.807) is 18.6 Å². The maximum absolute atomic E-state index is 12.9. The summed E-state index contributed by atoms with van der Waals surface area (Å²) in [7, 11) is 0. The molecule has 6 rings (SSSR count). The van der Waals surface area contributed by atoms with Gasteiger partial charge in [0, 0.05) is 16.8 Å². The lowest BCUT2D eigenvalue weighted by molar-refractivity contribution is -0.132. The van der Waals surface area contributed by atoms with Crippen LogP contribution in [0.2, 0.25) is 0 Å². The van der Waals surface area contributed by atoms with Crippen molar-refractivity contribution in [1.82, 2.24) is 0 Å². The molecule has 1 heterocycles. The average Bonchev–Trinajstić information content (AvgIpc) is 3.11. The Kier molecular flexibility index (Phi) is 9.08. The van der Waals surface area contributed by atoms with E-state index in [0.717, 1.165) is 44.3 Å². The van der Waals surface area contributed by atoms with Crippen LogP contribution in [0.25, 0.3) is 11.1 Å². The van der Waals surface area contributed by atoms with E-state index < -0.39 is 5.97 Å². The highest BCUT2D eigenvalue weighted by Gasteiger charge is 2.28. The van der Waals surface area contributed by atoms with Crippen LogP contribution in [0, 0.1) is 0 Å². The third kappa shape index (κ3) is 6.84. The van der Waals surface area contributed by atoms with Crippen molar-refractivity contribution >= 4 is 40.4 Å². The number of aliphatic imine (C=N–C) groups is 1. The molecule has 0 spiro atoms. The SMILES string of the molecule is O=C(O)C(=CC=C1C(c2ccccc2)=COC=C1c1ccccc1)N=C(B(c1ccccc1)c1ccccc1)c1ccccc1. The number of benzene rings is 5. The molecule has 5 heteroatoms. The van der Waals surface area contributed by atoms with Crippen molar-refractivity contribution in [2.45, 2.75) is 0 Å². The van der Waals surface area contributed by atoms with Gasteiger partial charge in [-0.3, -0.25) is 4.99 Å². The summed E-state index contributed by atoms with van der Waals surface area (Å²) < 4.78 is 5.81. The molecular formula is C40H30BNO3. The first-order chi connectivity index (χ1) is 22.2. The third-order valence-electron chi connectivity index (χ3n) is 7.60. The Morgan fingerprint density at radius 1 is 0.600 bits per heavy atom. The van der Waals surface area contributed by atoms with Crippen LogP contribution in [-0.2, 0) is 9.53 Å². The quantitative estimate of drug-likeness (QED) is 0.112. The highest BCUT2D eigenvalue weighted by atomic mass is 16.5. The summed E-state index contributed by atoms with van der Waals surface area (Å²) >= 11 is 0. The molecule has 0 bridgehead atoms. The largest absolute Gasteiger partial charge is 0.477 e. The van der Waals surface area contributed by atoms with Gasteiger partial charge < -0.3 is 9.84 Å². The van der Waals surface area contributed by atoms with Gasteiger partial charge in [0.1, 0.15) is 5.70 Å².